The summed E-state index contributed by atoms with van der Waals surface area (Å²) in [5, 5.41) is 9.18. The predicted octanol–water partition coefficient (Wildman–Crippen LogP) is 4.41. The molecule has 0 aromatic carbocycles. The minimum Gasteiger partial charge on any atom is -0.291 e. The van der Waals surface area contributed by atoms with Gasteiger partial charge >= 0.3 is 0 Å². The van der Waals surface area contributed by atoms with E-state index in [4.69, 9.17) is 0 Å². The Morgan fingerprint density at radius 2 is 1.93 bits per heavy atom. The molecule has 4 aromatic heterocycles. The molecule has 27 heavy (non-hydrogen) atoms. The Morgan fingerprint density at radius 1 is 1.07 bits per heavy atom. The highest BCUT2D eigenvalue weighted by Gasteiger charge is 2.16. The maximum Gasteiger partial charge on any atom is 0.280 e. The first-order chi connectivity index (χ1) is 13.1. The fourth-order valence-electron chi connectivity index (χ4n) is 2.79. The number of alkyl halides is 2. The van der Waals surface area contributed by atoms with E-state index in [1.54, 1.807) is 22.7 Å². The van der Waals surface area contributed by atoms with E-state index in [9.17, 15) is 18.4 Å². The van der Waals surface area contributed by atoms with Crippen molar-refractivity contribution in [3.63, 3.8) is 0 Å². The van der Waals surface area contributed by atoms with Crippen LogP contribution in [0.25, 0.3) is 28.2 Å². The highest BCUT2D eigenvalue weighted by molar-refractivity contribution is 5.79. The van der Waals surface area contributed by atoms with Crippen molar-refractivity contribution in [2.75, 3.05) is 0 Å². The van der Waals surface area contributed by atoms with Gasteiger partial charge in [-0.05, 0) is 30.3 Å². The summed E-state index contributed by atoms with van der Waals surface area (Å²) in [7, 11) is 0. The SMILES string of the molecule is N#Cc1cnc2ccc(-c3cc(F)cnc3-c3cccc(C(F)F)n3)cn12. The normalized spacial score (nSPS) is 11.1. The first kappa shape index (κ1) is 16.7. The van der Waals surface area contributed by atoms with Gasteiger partial charge in [0.05, 0.1) is 23.8 Å². The van der Waals surface area contributed by atoms with Crippen LogP contribution in [-0.4, -0.2) is 19.4 Å². The third-order valence-electron chi connectivity index (χ3n) is 4.02. The molecule has 0 aliphatic heterocycles. The summed E-state index contributed by atoms with van der Waals surface area (Å²) in [6.07, 6.45) is 1.33. The molecule has 0 unspecified atom stereocenters. The standard InChI is InChI=1S/C19H10F3N5/c20-12-6-14(11-4-5-17-24-9-13(7-23)27(17)10-11)18(25-8-12)15-2-1-3-16(26-15)19(21)22/h1-6,8-10,19H. The van der Waals surface area contributed by atoms with E-state index >= 15 is 0 Å². The molecule has 0 spiro atoms. The van der Waals surface area contributed by atoms with Gasteiger partial charge in [0.2, 0.25) is 0 Å². The Hall–Kier alpha value is -3.73. The highest BCUT2D eigenvalue weighted by Crippen LogP contribution is 2.31. The minimum atomic E-state index is -2.73. The molecular weight excluding hydrogens is 355 g/mol. The Morgan fingerprint density at radius 3 is 2.70 bits per heavy atom. The fourth-order valence-corrected chi connectivity index (χ4v) is 2.79. The van der Waals surface area contributed by atoms with E-state index in [0.29, 0.717) is 22.5 Å². The van der Waals surface area contributed by atoms with Gasteiger partial charge in [-0.25, -0.2) is 23.1 Å². The molecule has 4 rings (SSSR count). The van der Waals surface area contributed by atoms with Crippen LogP contribution in [0.5, 0.6) is 0 Å². The van der Waals surface area contributed by atoms with E-state index < -0.39 is 12.2 Å². The summed E-state index contributed by atoms with van der Waals surface area (Å²) in [6, 6.07) is 10.8. The molecule has 0 saturated heterocycles. The van der Waals surface area contributed by atoms with Crippen LogP contribution in [0.3, 0.4) is 0 Å². The zero-order valence-electron chi connectivity index (χ0n) is 13.6. The van der Waals surface area contributed by atoms with Gasteiger partial charge in [0.15, 0.2) is 0 Å². The maximum atomic E-state index is 13.9. The van der Waals surface area contributed by atoms with Crippen molar-refractivity contribution in [3.8, 4) is 28.6 Å². The summed E-state index contributed by atoms with van der Waals surface area (Å²) in [5.41, 5.74) is 1.86. The lowest BCUT2D eigenvalue weighted by Gasteiger charge is -2.10. The van der Waals surface area contributed by atoms with Crippen LogP contribution in [0, 0.1) is 17.1 Å². The molecule has 0 fully saturated rings. The average molecular weight is 365 g/mol. The molecule has 0 bridgehead atoms. The molecule has 8 heteroatoms. The lowest BCUT2D eigenvalue weighted by Crippen LogP contribution is -1.98. The molecule has 0 aliphatic rings. The summed E-state index contributed by atoms with van der Waals surface area (Å²) < 4.78 is 41.4. The van der Waals surface area contributed by atoms with Gasteiger partial charge < -0.3 is 0 Å². The highest BCUT2D eigenvalue weighted by atomic mass is 19.3. The van der Waals surface area contributed by atoms with Crippen LogP contribution in [-0.2, 0) is 0 Å². The Bertz CT molecular complexity index is 1190. The molecule has 0 amide bonds. The largest absolute Gasteiger partial charge is 0.291 e. The number of hydrogen-bond acceptors (Lipinski definition) is 4. The summed E-state index contributed by atoms with van der Waals surface area (Å²) in [4.78, 5) is 12.1. The molecule has 132 valence electrons. The van der Waals surface area contributed by atoms with Gasteiger partial charge in [-0.3, -0.25) is 9.38 Å². The number of halogens is 3. The lowest BCUT2D eigenvalue weighted by atomic mass is 10.0. The van der Waals surface area contributed by atoms with Crippen LogP contribution in [0.15, 0.2) is 55.0 Å². The van der Waals surface area contributed by atoms with Crippen LogP contribution in [0.4, 0.5) is 13.2 Å². The van der Waals surface area contributed by atoms with Crippen LogP contribution in [0.2, 0.25) is 0 Å². The summed E-state index contributed by atoms with van der Waals surface area (Å²) in [6.45, 7) is 0. The molecule has 5 nitrogen and oxygen atoms in total. The summed E-state index contributed by atoms with van der Waals surface area (Å²) in [5.74, 6) is -0.579. The molecular formula is C19H10F3N5. The van der Waals surface area contributed by atoms with E-state index in [-0.39, 0.29) is 17.1 Å². The number of imidazole rings is 1. The van der Waals surface area contributed by atoms with E-state index in [0.717, 1.165) is 6.20 Å². The van der Waals surface area contributed by atoms with Gasteiger partial charge in [-0.1, -0.05) is 6.07 Å². The molecule has 0 saturated carbocycles. The average Bonchev–Trinajstić information content (AvgIpc) is 3.10. The maximum absolute atomic E-state index is 13.9. The van der Waals surface area contributed by atoms with Crippen molar-refractivity contribution < 1.29 is 13.2 Å². The second-order valence-corrected chi connectivity index (χ2v) is 5.70. The van der Waals surface area contributed by atoms with Crippen molar-refractivity contribution in [3.05, 3.63) is 72.2 Å². The molecule has 4 aromatic rings. The number of hydrogen-bond donors (Lipinski definition) is 0. The van der Waals surface area contributed by atoms with Gasteiger partial charge in [-0.2, -0.15) is 5.26 Å². The zero-order chi connectivity index (χ0) is 19.0. The quantitative estimate of drug-likeness (QED) is 0.539. The Labute approximate surface area is 151 Å². The van der Waals surface area contributed by atoms with Crippen molar-refractivity contribution in [2.24, 2.45) is 0 Å². The second kappa shape index (κ2) is 6.53. The molecule has 0 N–H and O–H groups in total. The van der Waals surface area contributed by atoms with E-state index in [1.165, 1.54) is 30.5 Å². The smallest absolute Gasteiger partial charge is 0.280 e. The molecule has 0 atom stereocenters. The number of nitriles is 1. The number of rotatable bonds is 3. The molecule has 4 heterocycles. The van der Waals surface area contributed by atoms with Gasteiger partial charge in [0.1, 0.15) is 28.9 Å². The van der Waals surface area contributed by atoms with Crippen LogP contribution < -0.4 is 0 Å². The van der Waals surface area contributed by atoms with Gasteiger partial charge in [0, 0.05) is 17.3 Å². The van der Waals surface area contributed by atoms with Crippen molar-refractivity contribution in [1.82, 2.24) is 19.4 Å². The zero-order valence-corrected chi connectivity index (χ0v) is 13.6. The number of pyridine rings is 3. The fraction of sp³-hybridized carbons (Fsp3) is 0.0526. The third-order valence-corrected chi connectivity index (χ3v) is 4.02. The first-order valence-electron chi connectivity index (χ1n) is 7.85. The van der Waals surface area contributed by atoms with Gasteiger partial charge in [-0.15, -0.1) is 0 Å². The lowest BCUT2D eigenvalue weighted by molar-refractivity contribution is 0.146. The third kappa shape index (κ3) is 3.00. The van der Waals surface area contributed by atoms with Crippen LogP contribution in [0.1, 0.15) is 17.8 Å². The Kier molecular flexibility index (Phi) is 4.05. The molecule has 0 aliphatic carbocycles. The van der Waals surface area contributed by atoms with Crippen molar-refractivity contribution in [1.29, 1.82) is 5.26 Å². The number of nitrogens with zero attached hydrogens (tertiary/aromatic N) is 5. The van der Waals surface area contributed by atoms with E-state index in [2.05, 4.69) is 15.0 Å². The minimum absolute atomic E-state index is 0.203. The van der Waals surface area contributed by atoms with Crippen molar-refractivity contribution in [2.45, 2.75) is 6.43 Å². The number of fused-ring (bicyclic) bond motifs is 1. The Balaban J connectivity index is 1.93. The monoisotopic (exact) mass is 365 g/mol. The predicted molar refractivity (Wildman–Crippen MR) is 91.3 cm³/mol. The summed E-state index contributed by atoms with van der Waals surface area (Å²) >= 11 is 0. The molecule has 0 radical (unpaired) electrons. The van der Waals surface area contributed by atoms with Crippen molar-refractivity contribution >= 4 is 5.65 Å². The number of aromatic nitrogens is 4. The van der Waals surface area contributed by atoms with E-state index in [1.807, 2.05) is 6.07 Å². The van der Waals surface area contributed by atoms with Crippen LogP contribution >= 0.6 is 0 Å². The van der Waals surface area contributed by atoms with Gasteiger partial charge in [0.25, 0.3) is 6.43 Å². The topological polar surface area (TPSA) is 66.9 Å². The first-order valence-corrected chi connectivity index (χ1v) is 7.85. The second-order valence-electron chi connectivity index (χ2n) is 5.70.